The number of nitrogens with zero attached hydrogens (tertiary/aromatic N) is 3. The van der Waals surface area contributed by atoms with Gasteiger partial charge >= 0.3 is 0 Å². The van der Waals surface area contributed by atoms with Crippen molar-refractivity contribution in [2.24, 2.45) is 0 Å². The Morgan fingerprint density at radius 1 is 0.396 bits per heavy atom. The molecule has 3 heterocycles. The second-order valence-electron chi connectivity index (χ2n) is 12.0. The summed E-state index contributed by atoms with van der Waals surface area (Å²) in [6, 6.07) is 52.8. The lowest BCUT2D eigenvalue weighted by atomic mass is 9.99. The molecule has 10 rings (SSSR count). The molecule has 48 heavy (non-hydrogen) atoms. The summed E-state index contributed by atoms with van der Waals surface area (Å²) in [5, 5.41) is 6.84. The molecule has 0 radical (unpaired) electrons. The first-order valence-corrected chi connectivity index (χ1v) is 16.7. The van der Waals surface area contributed by atoms with Crippen LogP contribution < -0.4 is 0 Å². The normalized spacial score (nSPS) is 11.8. The lowest BCUT2D eigenvalue weighted by Crippen LogP contribution is -2.00. The van der Waals surface area contributed by atoms with E-state index < -0.39 is 0 Å². The fraction of sp³-hybridized carbons (Fsp3) is 0. The van der Waals surface area contributed by atoms with Crippen LogP contribution in [0.25, 0.3) is 98.2 Å². The summed E-state index contributed by atoms with van der Waals surface area (Å²) in [6.45, 7) is 0. The first kappa shape index (κ1) is 27.0. The molecule has 0 unspecified atom stereocenters. The van der Waals surface area contributed by atoms with Gasteiger partial charge in [0.1, 0.15) is 11.2 Å². The molecule has 0 amide bonds. The van der Waals surface area contributed by atoms with Gasteiger partial charge in [-0.3, -0.25) is 0 Å². The summed E-state index contributed by atoms with van der Waals surface area (Å²) < 4.78 is 8.72. The zero-order valence-electron chi connectivity index (χ0n) is 25.6. The van der Waals surface area contributed by atoms with Gasteiger partial charge in [0.05, 0.1) is 0 Å². The van der Waals surface area contributed by atoms with Crippen molar-refractivity contribution < 1.29 is 4.42 Å². The maximum Gasteiger partial charge on any atom is 0.164 e. The largest absolute Gasteiger partial charge is 0.456 e. The van der Waals surface area contributed by atoms with E-state index in [1.54, 1.807) is 11.3 Å². The minimum absolute atomic E-state index is 0.604. The van der Waals surface area contributed by atoms with Crippen LogP contribution in [0.3, 0.4) is 0 Å². The van der Waals surface area contributed by atoms with Crippen LogP contribution in [0.4, 0.5) is 0 Å². The van der Waals surface area contributed by atoms with Gasteiger partial charge < -0.3 is 4.42 Å². The standard InChI is InChI=1S/C43H25N3OS/c1-2-9-26(10-3-1)28-19-17-27-18-20-29(24-31(27)23-28)41-44-42(30-21-22-33-32-11-4-6-14-36(32)47-37(33)25-30)46-43(45-41)35-13-8-16-39-40(35)34-12-5-7-15-38(34)48-39/h1-25H. The monoisotopic (exact) mass is 631 g/mol. The van der Waals surface area contributed by atoms with Crippen molar-refractivity contribution in [2.75, 3.05) is 0 Å². The zero-order valence-corrected chi connectivity index (χ0v) is 26.4. The molecule has 0 aliphatic carbocycles. The van der Waals surface area contributed by atoms with Crippen molar-refractivity contribution in [2.45, 2.75) is 0 Å². The molecule has 0 fully saturated rings. The van der Waals surface area contributed by atoms with Crippen LogP contribution in [-0.4, -0.2) is 15.0 Å². The number of hydrogen-bond donors (Lipinski definition) is 0. The molecule has 4 nitrogen and oxygen atoms in total. The van der Waals surface area contributed by atoms with E-state index in [-0.39, 0.29) is 0 Å². The van der Waals surface area contributed by atoms with Crippen molar-refractivity contribution in [1.82, 2.24) is 15.0 Å². The molecule has 0 aliphatic rings. The number of fused-ring (bicyclic) bond motifs is 7. The fourth-order valence-corrected chi connectivity index (χ4v) is 7.91. The average Bonchev–Trinajstić information content (AvgIpc) is 3.72. The number of furan rings is 1. The summed E-state index contributed by atoms with van der Waals surface area (Å²) in [6.07, 6.45) is 0. The molecule has 0 bridgehead atoms. The SMILES string of the molecule is c1ccc(-c2ccc3ccc(-c4nc(-c5ccc6c(c5)oc5ccccc56)nc(-c5cccc6sc7ccccc7c56)n4)cc3c2)cc1. The van der Waals surface area contributed by atoms with Gasteiger partial charge in [0.25, 0.3) is 0 Å². The van der Waals surface area contributed by atoms with Gasteiger partial charge in [-0.05, 0) is 64.4 Å². The number of thiophene rings is 1. The predicted molar refractivity (Wildman–Crippen MR) is 199 cm³/mol. The fourth-order valence-electron chi connectivity index (χ4n) is 6.78. The number of benzene rings is 7. The molecule has 7 aromatic carbocycles. The molecular weight excluding hydrogens is 607 g/mol. The van der Waals surface area contributed by atoms with Gasteiger partial charge in [0.15, 0.2) is 17.5 Å². The van der Waals surface area contributed by atoms with Gasteiger partial charge in [-0.1, -0.05) is 109 Å². The first-order chi connectivity index (χ1) is 23.7. The third-order valence-electron chi connectivity index (χ3n) is 9.12. The minimum atomic E-state index is 0.604. The van der Waals surface area contributed by atoms with Crippen LogP contribution in [0.1, 0.15) is 0 Å². The van der Waals surface area contributed by atoms with E-state index in [0.29, 0.717) is 17.5 Å². The van der Waals surface area contributed by atoms with Crippen molar-refractivity contribution >= 4 is 64.2 Å². The average molecular weight is 632 g/mol. The third-order valence-corrected chi connectivity index (χ3v) is 10.3. The van der Waals surface area contributed by atoms with E-state index in [4.69, 9.17) is 19.4 Å². The third kappa shape index (κ3) is 4.40. The molecule has 0 atom stereocenters. The van der Waals surface area contributed by atoms with E-state index >= 15 is 0 Å². The summed E-state index contributed by atoms with van der Waals surface area (Å²) in [5.41, 5.74) is 6.84. The lowest BCUT2D eigenvalue weighted by molar-refractivity contribution is 0.669. The number of para-hydroxylation sites is 1. The van der Waals surface area contributed by atoms with Crippen LogP contribution in [0.5, 0.6) is 0 Å². The van der Waals surface area contributed by atoms with Crippen LogP contribution in [0.2, 0.25) is 0 Å². The highest BCUT2D eigenvalue weighted by atomic mass is 32.1. The molecule has 10 aromatic rings. The highest BCUT2D eigenvalue weighted by molar-refractivity contribution is 7.25. The molecule has 0 N–H and O–H groups in total. The van der Waals surface area contributed by atoms with E-state index in [9.17, 15) is 0 Å². The molecule has 3 aromatic heterocycles. The smallest absolute Gasteiger partial charge is 0.164 e. The van der Waals surface area contributed by atoms with Crippen molar-refractivity contribution in [3.63, 3.8) is 0 Å². The van der Waals surface area contributed by atoms with Gasteiger partial charge in [0, 0.05) is 47.6 Å². The zero-order chi connectivity index (χ0) is 31.6. The summed E-state index contributed by atoms with van der Waals surface area (Å²) in [4.78, 5) is 15.4. The van der Waals surface area contributed by atoms with Crippen LogP contribution in [0, 0.1) is 0 Å². The Morgan fingerprint density at radius 3 is 1.92 bits per heavy atom. The first-order valence-electron chi connectivity index (χ1n) is 15.9. The van der Waals surface area contributed by atoms with Gasteiger partial charge in [-0.2, -0.15) is 0 Å². The second-order valence-corrected chi connectivity index (χ2v) is 13.1. The molecule has 224 valence electrons. The second kappa shape index (κ2) is 10.7. The molecule has 0 spiro atoms. The van der Waals surface area contributed by atoms with Gasteiger partial charge in [0.2, 0.25) is 0 Å². The van der Waals surface area contributed by atoms with Crippen LogP contribution in [0.15, 0.2) is 156 Å². The molecule has 0 aliphatic heterocycles. The molecule has 0 saturated carbocycles. The quantitative estimate of drug-likeness (QED) is 0.194. The Balaban J connectivity index is 1.20. The molecule has 0 saturated heterocycles. The maximum absolute atomic E-state index is 6.27. The highest BCUT2D eigenvalue weighted by Gasteiger charge is 2.18. The Kier molecular flexibility index (Phi) is 6.01. The van der Waals surface area contributed by atoms with Crippen LogP contribution in [-0.2, 0) is 0 Å². The van der Waals surface area contributed by atoms with Crippen molar-refractivity contribution in [3.05, 3.63) is 152 Å². The summed E-state index contributed by atoms with van der Waals surface area (Å²) in [7, 11) is 0. The predicted octanol–water partition coefficient (Wildman–Crippen LogP) is 12.0. The Bertz CT molecular complexity index is 2850. The molecule has 5 heteroatoms. The topological polar surface area (TPSA) is 51.8 Å². The van der Waals surface area contributed by atoms with E-state index in [1.165, 1.54) is 31.3 Å². The Labute approximate surface area is 279 Å². The number of rotatable bonds is 4. The number of hydrogen-bond acceptors (Lipinski definition) is 5. The van der Waals surface area contributed by atoms with Crippen molar-refractivity contribution in [3.8, 4) is 45.3 Å². The number of aromatic nitrogens is 3. The summed E-state index contributed by atoms with van der Waals surface area (Å²) in [5.74, 6) is 1.88. The Morgan fingerprint density at radius 2 is 1.04 bits per heavy atom. The van der Waals surface area contributed by atoms with Crippen LogP contribution >= 0.6 is 11.3 Å². The van der Waals surface area contributed by atoms with E-state index in [0.717, 1.165) is 49.4 Å². The highest BCUT2D eigenvalue weighted by Crippen LogP contribution is 2.40. The Hall–Kier alpha value is -6.17. The van der Waals surface area contributed by atoms with Crippen molar-refractivity contribution in [1.29, 1.82) is 0 Å². The van der Waals surface area contributed by atoms with E-state index in [2.05, 4.69) is 121 Å². The lowest BCUT2D eigenvalue weighted by Gasteiger charge is -2.11. The van der Waals surface area contributed by atoms with E-state index in [1.807, 2.05) is 30.3 Å². The summed E-state index contributed by atoms with van der Waals surface area (Å²) >= 11 is 1.79. The van der Waals surface area contributed by atoms with Gasteiger partial charge in [-0.15, -0.1) is 11.3 Å². The minimum Gasteiger partial charge on any atom is -0.456 e. The van der Waals surface area contributed by atoms with Gasteiger partial charge in [-0.25, -0.2) is 15.0 Å². The molecular formula is C43H25N3OS. The maximum atomic E-state index is 6.27.